The molecule has 0 fully saturated rings. The number of unbranched alkanes of at least 4 members (excludes halogenated alkanes) is 30. The van der Waals surface area contributed by atoms with E-state index in [4.69, 9.17) is 14.2 Å². The van der Waals surface area contributed by atoms with Gasteiger partial charge in [0.2, 0.25) is 0 Å². The van der Waals surface area contributed by atoms with Crippen LogP contribution in [0.1, 0.15) is 290 Å². The Labute approximate surface area is 427 Å². The Morgan fingerprint density at radius 3 is 0.884 bits per heavy atom. The molecule has 0 aromatic heterocycles. The Hall–Kier alpha value is -3.15. The van der Waals surface area contributed by atoms with Crippen molar-refractivity contribution in [2.45, 2.75) is 297 Å². The first kappa shape index (κ1) is 65.8. The summed E-state index contributed by atoms with van der Waals surface area (Å²) < 4.78 is 16.8. The molecule has 6 nitrogen and oxygen atoms in total. The lowest BCUT2D eigenvalue weighted by Crippen LogP contribution is -2.30. The third-order valence-electron chi connectivity index (χ3n) is 12.7. The average molecular weight is 964 g/mol. The molecule has 1 atom stereocenters. The molecule has 0 saturated carbocycles. The van der Waals surface area contributed by atoms with E-state index in [0.717, 1.165) is 103 Å². The van der Waals surface area contributed by atoms with Crippen LogP contribution in [0.4, 0.5) is 0 Å². The Morgan fingerprint density at radius 1 is 0.304 bits per heavy atom. The van der Waals surface area contributed by atoms with E-state index in [1.54, 1.807) is 0 Å². The molecule has 0 saturated heterocycles. The Balaban J connectivity index is 4.24. The molecule has 0 aliphatic heterocycles. The summed E-state index contributed by atoms with van der Waals surface area (Å²) in [5.41, 5.74) is 0. The van der Waals surface area contributed by atoms with Gasteiger partial charge in [-0.3, -0.25) is 14.4 Å². The molecule has 0 aromatic rings. The highest BCUT2D eigenvalue weighted by molar-refractivity contribution is 5.71. The van der Waals surface area contributed by atoms with Crippen LogP contribution in [-0.2, 0) is 28.6 Å². The second kappa shape index (κ2) is 57.4. The fraction of sp³-hybridized carbons (Fsp3) is 0.762. The van der Waals surface area contributed by atoms with Gasteiger partial charge in [-0.25, -0.2) is 0 Å². The van der Waals surface area contributed by atoms with Crippen molar-refractivity contribution in [3.63, 3.8) is 0 Å². The second-order valence-electron chi connectivity index (χ2n) is 19.5. The van der Waals surface area contributed by atoms with Crippen LogP contribution < -0.4 is 0 Å². The fourth-order valence-electron chi connectivity index (χ4n) is 8.33. The minimum absolute atomic E-state index is 0.0735. The lowest BCUT2D eigenvalue weighted by molar-refractivity contribution is -0.167. The van der Waals surface area contributed by atoms with E-state index in [9.17, 15) is 14.4 Å². The standard InChI is InChI=1S/C63H110O6/c1-4-7-10-13-16-19-22-25-26-27-28-29-30-31-32-33-34-35-36-37-38-39-42-44-47-50-53-56-62(65)68-59-60(69-63(66)57-54-51-48-45-41-24-21-18-15-12-9-6-3)58-67-61(64)55-52-49-46-43-40-23-20-17-14-11-8-5-2/h7,10,16,19,25-26,28-29,31-32,34-35,60H,4-6,8-9,11-15,17-18,20-24,27,30,33,36-59H2,1-3H3/b10-7-,19-16-,26-25-,29-28-,32-31-,35-34-. The number of hydrogen-bond donors (Lipinski definition) is 0. The molecule has 0 spiro atoms. The highest BCUT2D eigenvalue weighted by Crippen LogP contribution is 2.16. The van der Waals surface area contributed by atoms with E-state index in [-0.39, 0.29) is 31.1 Å². The minimum Gasteiger partial charge on any atom is -0.462 e. The summed E-state index contributed by atoms with van der Waals surface area (Å²) in [5.74, 6) is -0.872. The molecule has 0 aliphatic rings. The van der Waals surface area contributed by atoms with Crippen LogP contribution in [0.25, 0.3) is 0 Å². The largest absolute Gasteiger partial charge is 0.462 e. The van der Waals surface area contributed by atoms with Crippen molar-refractivity contribution in [3.8, 4) is 0 Å². The van der Waals surface area contributed by atoms with E-state index in [1.165, 1.54) is 148 Å². The van der Waals surface area contributed by atoms with Gasteiger partial charge >= 0.3 is 17.9 Å². The number of carbonyl (C=O) groups excluding carboxylic acids is 3. The van der Waals surface area contributed by atoms with Crippen molar-refractivity contribution in [3.05, 3.63) is 72.9 Å². The molecule has 69 heavy (non-hydrogen) atoms. The van der Waals surface area contributed by atoms with E-state index in [0.29, 0.717) is 19.3 Å². The van der Waals surface area contributed by atoms with Crippen LogP contribution in [0.3, 0.4) is 0 Å². The quantitative estimate of drug-likeness (QED) is 0.0262. The van der Waals surface area contributed by atoms with Gasteiger partial charge in [-0.05, 0) is 70.6 Å². The highest BCUT2D eigenvalue weighted by atomic mass is 16.6. The van der Waals surface area contributed by atoms with Crippen molar-refractivity contribution in [1.29, 1.82) is 0 Å². The zero-order chi connectivity index (χ0) is 50.0. The summed E-state index contributed by atoms with van der Waals surface area (Å²) in [6, 6.07) is 0. The Kier molecular flexibility index (Phi) is 54.8. The van der Waals surface area contributed by atoms with Gasteiger partial charge in [-0.15, -0.1) is 0 Å². The molecule has 0 amide bonds. The maximum absolute atomic E-state index is 12.8. The van der Waals surface area contributed by atoms with Gasteiger partial charge in [0.05, 0.1) is 0 Å². The first-order chi connectivity index (χ1) is 34.0. The first-order valence-corrected chi connectivity index (χ1v) is 29.4. The summed E-state index contributed by atoms with van der Waals surface area (Å²) >= 11 is 0. The van der Waals surface area contributed by atoms with Gasteiger partial charge < -0.3 is 14.2 Å². The third kappa shape index (κ3) is 55.6. The molecule has 0 radical (unpaired) electrons. The van der Waals surface area contributed by atoms with E-state index in [2.05, 4.69) is 93.7 Å². The molecule has 0 bridgehead atoms. The highest BCUT2D eigenvalue weighted by Gasteiger charge is 2.19. The van der Waals surface area contributed by atoms with Gasteiger partial charge in [0.1, 0.15) is 13.2 Å². The van der Waals surface area contributed by atoms with Crippen molar-refractivity contribution >= 4 is 17.9 Å². The van der Waals surface area contributed by atoms with Crippen LogP contribution in [0.2, 0.25) is 0 Å². The molecule has 0 rings (SSSR count). The SMILES string of the molecule is CC/C=C\C/C=C\C/C=C\C/C=C\C/C=C\C/C=C\CCCCCCCCCCC(=O)OCC(COC(=O)CCCCCCCCCCCCCC)OC(=O)CCCCCCCCCCCCCC. The molecule has 1 unspecified atom stereocenters. The third-order valence-corrected chi connectivity index (χ3v) is 12.7. The van der Waals surface area contributed by atoms with Gasteiger partial charge in [-0.2, -0.15) is 0 Å². The van der Waals surface area contributed by atoms with Gasteiger partial charge in [0.15, 0.2) is 6.10 Å². The Bertz CT molecular complexity index is 1290. The molecular formula is C63H110O6. The Morgan fingerprint density at radius 2 is 0.565 bits per heavy atom. The van der Waals surface area contributed by atoms with Crippen LogP contribution >= 0.6 is 0 Å². The van der Waals surface area contributed by atoms with E-state index in [1.807, 2.05) is 0 Å². The summed E-state index contributed by atoms with van der Waals surface area (Å²) in [6.45, 7) is 6.53. The summed E-state index contributed by atoms with van der Waals surface area (Å²) in [5, 5.41) is 0. The van der Waals surface area contributed by atoms with Gasteiger partial charge in [0.25, 0.3) is 0 Å². The first-order valence-electron chi connectivity index (χ1n) is 29.4. The molecule has 0 N–H and O–H groups in total. The van der Waals surface area contributed by atoms with Gasteiger partial charge in [-0.1, -0.05) is 273 Å². The molecule has 0 aliphatic carbocycles. The maximum Gasteiger partial charge on any atom is 0.306 e. The van der Waals surface area contributed by atoms with Crippen molar-refractivity contribution in [2.75, 3.05) is 13.2 Å². The molecule has 398 valence electrons. The predicted molar refractivity (Wildman–Crippen MR) is 298 cm³/mol. The summed E-state index contributed by atoms with van der Waals surface area (Å²) in [6.07, 6.45) is 73.2. The number of rotatable bonds is 53. The number of allylic oxidation sites excluding steroid dienone is 12. The average Bonchev–Trinajstić information content (AvgIpc) is 3.35. The van der Waals surface area contributed by atoms with Crippen LogP contribution in [0.5, 0.6) is 0 Å². The molecule has 6 heteroatoms. The normalized spacial score (nSPS) is 12.6. The second-order valence-corrected chi connectivity index (χ2v) is 19.5. The number of carbonyl (C=O) groups is 3. The minimum atomic E-state index is -0.774. The van der Waals surface area contributed by atoms with Crippen LogP contribution in [0.15, 0.2) is 72.9 Å². The maximum atomic E-state index is 12.8. The van der Waals surface area contributed by atoms with E-state index >= 15 is 0 Å². The lowest BCUT2D eigenvalue weighted by Gasteiger charge is -2.18. The monoisotopic (exact) mass is 963 g/mol. The van der Waals surface area contributed by atoms with Crippen molar-refractivity contribution in [2.24, 2.45) is 0 Å². The zero-order valence-electron chi connectivity index (χ0n) is 45.6. The summed E-state index contributed by atoms with van der Waals surface area (Å²) in [4.78, 5) is 38.1. The molecule has 0 aromatic carbocycles. The lowest BCUT2D eigenvalue weighted by atomic mass is 10.0. The predicted octanol–water partition coefficient (Wildman–Crippen LogP) is 19.8. The molecule has 0 heterocycles. The topological polar surface area (TPSA) is 78.9 Å². The number of ether oxygens (including phenoxy) is 3. The van der Waals surface area contributed by atoms with Crippen LogP contribution in [-0.4, -0.2) is 37.2 Å². The van der Waals surface area contributed by atoms with Crippen molar-refractivity contribution in [1.82, 2.24) is 0 Å². The summed E-state index contributed by atoms with van der Waals surface area (Å²) in [7, 11) is 0. The smallest absolute Gasteiger partial charge is 0.306 e. The fourth-order valence-corrected chi connectivity index (χ4v) is 8.33. The number of esters is 3. The van der Waals surface area contributed by atoms with Gasteiger partial charge in [0, 0.05) is 19.3 Å². The van der Waals surface area contributed by atoms with E-state index < -0.39 is 6.10 Å². The zero-order valence-corrected chi connectivity index (χ0v) is 45.6. The molecular weight excluding hydrogens is 853 g/mol. The van der Waals surface area contributed by atoms with Crippen LogP contribution in [0, 0.1) is 0 Å². The van der Waals surface area contributed by atoms with Crippen molar-refractivity contribution < 1.29 is 28.6 Å². The number of hydrogen-bond acceptors (Lipinski definition) is 6.